The van der Waals surface area contributed by atoms with E-state index < -0.39 is 20.9 Å². The summed E-state index contributed by atoms with van der Waals surface area (Å²) in [4.78, 5) is 0. The molecular formula is C9H10F2O3S. The van der Waals surface area contributed by atoms with E-state index >= 15 is 0 Å². The molecule has 3 nitrogen and oxygen atoms in total. The molecule has 1 aromatic rings. The Kier molecular flexibility index (Phi) is 2.84. The minimum Gasteiger partial charge on any atom is -0.281 e. The van der Waals surface area contributed by atoms with Gasteiger partial charge in [0, 0.05) is 5.56 Å². The molecule has 0 aliphatic heterocycles. The minimum atomic E-state index is -5.43. The molecule has 0 radical (unpaired) electrons. The molecule has 1 rings (SSSR count). The van der Waals surface area contributed by atoms with Crippen LogP contribution in [0.15, 0.2) is 18.2 Å². The molecule has 84 valence electrons. The summed E-state index contributed by atoms with van der Waals surface area (Å²) in [6.07, 6.45) is 0. The van der Waals surface area contributed by atoms with Crippen LogP contribution in [0.3, 0.4) is 0 Å². The number of alkyl halides is 2. The van der Waals surface area contributed by atoms with Crippen molar-refractivity contribution in [2.75, 3.05) is 0 Å². The van der Waals surface area contributed by atoms with Gasteiger partial charge in [0.25, 0.3) is 0 Å². The lowest BCUT2D eigenvalue weighted by Gasteiger charge is -2.16. The van der Waals surface area contributed by atoms with Crippen LogP contribution >= 0.6 is 0 Å². The summed E-state index contributed by atoms with van der Waals surface area (Å²) in [7, 11) is -5.43. The zero-order valence-corrected chi connectivity index (χ0v) is 8.98. The molecular weight excluding hydrogens is 226 g/mol. The largest absolute Gasteiger partial charge is 0.395 e. The third kappa shape index (κ3) is 2.15. The zero-order chi connectivity index (χ0) is 11.9. The maximum absolute atomic E-state index is 13.3. The maximum Gasteiger partial charge on any atom is 0.395 e. The quantitative estimate of drug-likeness (QED) is 0.801. The van der Waals surface area contributed by atoms with E-state index in [0.717, 1.165) is 6.07 Å². The summed E-state index contributed by atoms with van der Waals surface area (Å²) in [6.45, 7) is 2.91. The summed E-state index contributed by atoms with van der Waals surface area (Å²) in [5.74, 6) is 0. The van der Waals surface area contributed by atoms with Crippen molar-refractivity contribution in [3.63, 3.8) is 0 Å². The van der Waals surface area contributed by atoms with E-state index in [-0.39, 0.29) is 5.56 Å². The van der Waals surface area contributed by atoms with E-state index in [2.05, 4.69) is 0 Å². The highest BCUT2D eigenvalue weighted by atomic mass is 32.2. The smallest absolute Gasteiger partial charge is 0.281 e. The standard InChI is InChI=1S/C9H10F2O3S/c1-6-3-4-7(2)8(5-6)9(10,11)15(12,13)14/h3-5H,1-2H3,(H,12,13,14). The van der Waals surface area contributed by atoms with Crippen molar-refractivity contribution in [2.45, 2.75) is 19.1 Å². The van der Waals surface area contributed by atoms with Crippen LogP contribution in [0.4, 0.5) is 8.78 Å². The fraction of sp³-hybridized carbons (Fsp3) is 0.333. The van der Waals surface area contributed by atoms with Crippen molar-refractivity contribution >= 4 is 10.1 Å². The number of benzene rings is 1. The Hall–Kier alpha value is -1.01. The Morgan fingerprint density at radius 2 is 1.80 bits per heavy atom. The third-order valence-electron chi connectivity index (χ3n) is 2.03. The first-order valence-electron chi connectivity index (χ1n) is 4.09. The highest BCUT2D eigenvalue weighted by Crippen LogP contribution is 2.35. The third-order valence-corrected chi connectivity index (χ3v) is 2.90. The van der Waals surface area contributed by atoms with E-state index in [4.69, 9.17) is 4.55 Å². The average Bonchev–Trinajstić information content (AvgIpc) is 2.07. The summed E-state index contributed by atoms with van der Waals surface area (Å²) < 4.78 is 56.0. The Labute approximate surface area is 86.5 Å². The molecule has 0 saturated carbocycles. The van der Waals surface area contributed by atoms with Crippen LogP contribution in [-0.2, 0) is 15.4 Å². The van der Waals surface area contributed by atoms with Crippen LogP contribution in [0.5, 0.6) is 0 Å². The van der Waals surface area contributed by atoms with Crippen LogP contribution in [0.25, 0.3) is 0 Å². The zero-order valence-electron chi connectivity index (χ0n) is 8.16. The van der Waals surface area contributed by atoms with Crippen LogP contribution in [-0.4, -0.2) is 13.0 Å². The van der Waals surface area contributed by atoms with Crippen molar-refractivity contribution in [1.29, 1.82) is 0 Å². The molecule has 15 heavy (non-hydrogen) atoms. The molecule has 0 heterocycles. The maximum atomic E-state index is 13.3. The predicted octanol–water partition coefficient (Wildman–Crippen LogP) is 2.24. The first-order valence-corrected chi connectivity index (χ1v) is 5.53. The Bertz CT molecular complexity index is 480. The van der Waals surface area contributed by atoms with Gasteiger partial charge in [0.15, 0.2) is 0 Å². The lowest BCUT2D eigenvalue weighted by molar-refractivity contribution is 0.0782. The van der Waals surface area contributed by atoms with Gasteiger partial charge in [-0.1, -0.05) is 17.7 Å². The van der Waals surface area contributed by atoms with Gasteiger partial charge < -0.3 is 0 Å². The van der Waals surface area contributed by atoms with Gasteiger partial charge in [0.1, 0.15) is 0 Å². The number of halogens is 2. The van der Waals surface area contributed by atoms with E-state index in [1.54, 1.807) is 13.0 Å². The van der Waals surface area contributed by atoms with Crippen LogP contribution in [0, 0.1) is 13.8 Å². The molecule has 0 aliphatic carbocycles. The summed E-state index contributed by atoms with van der Waals surface area (Å²) in [6, 6.07) is 4.01. The summed E-state index contributed by atoms with van der Waals surface area (Å²) >= 11 is 0. The number of hydrogen-bond acceptors (Lipinski definition) is 2. The van der Waals surface area contributed by atoms with Crippen molar-refractivity contribution in [3.8, 4) is 0 Å². The monoisotopic (exact) mass is 236 g/mol. The fourth-order valence-corrected chi connectivity index (χ4v) is 1.69. The van der Waals surface area contributed by atoms with E-state index in [1.165, 1.54) is 13.0 Å². The Morgan fingerprint density at radius 3 is 2.27 bits per heavy atom. The van der Waals surface area contributed by atoms with Gasteiger partial charge in [0.2, 0.25) is 0 Å². The highest BCUT2D eigenvalue weighted by molar-refractivity contribution is 7.86. The topological polar surface area (TPSA) is 54.4 Å². The Morgan fingerprint density at radius 1 is 1.27 bits per heavy atom. The van der Waals surface area contributed by atoms with Gasteiger partial charge in [0.05, 0.1) is 0 Å². The van der Waals surface area contributed by atoms with Gasteiger partial charge in [-0.25, -0.2) is 0 Å². The van der Waals surface area contributed by atoms with E-state index in [1.807, 2.05) is 0 Å². The molecule has 0 bridgehead atoms. The molecule has 0 aromatic heterocycles. The van der Waals surface area contributed by atoms with Gasteiger partial charge in [-0.3, -0.25) is 4.55 Å². The van der Waals surface area contributed by atoms with Crippen LogP contribution in [0.2, 0.25) is 0 Å². The number of rotatable bonds is 2. The van der Waals surface area contributed by atoms with Crippen molar-refractivity contribution in [1.82, 2.24) is 0 Å². The van der Waals surface area contributed by atoms with Gasteiger partial charge in [-0.2, -0.15) is 17.2 Å². The molecule has 0 aliphatic rings. The van der Waals surface area contributed by atoms with Gasteiger partial charge in [-0.05, 0) is 25.5 Å². The molecule has 0 amide bonds. The number of hydrogen-bond donors (Lipinski definition) is 1. The fourth-order valence-electron chi connectivity index (χ4n) is 1.19. The molecule has 0 fully saturated rings. The van der Waals surface area contributed by atoms with E-state index in [9.17, 15) is 17.2 Å². The highest BCUT2D eigenvalue weighted by Gasteiger charge is 2.46. The second-order valence-corrected chi connectivity index (χ2v) is 4.77. The van der Waals surface area contributed by atoms with Crippen molar-refractivity contribution in [3.05, 3.63) is 34.9 Å². The van der Waals surface area contributed by atoms with Gasteiger partial charge in [-0.15, -0.1) is 0 Å². The van der Waals surface area contributed by atoms with Crippen LogP contribution in [0.1, 0.15) is 16.7 Å². The molecule has 0 spiro atoms. The van der Waals surface area contributed by atoms with E-state index in [0.29, 0.717) is 5.56 Å². The number of aryl methyl sites for hydroxylation is 2. The second-order valence-electron chi connectivity index (χ2n) is 3.31. The van der Waals surface area contributed by atoms with Gasteiger partial charge >= 0.3 is 15.4 Å². The summed E-state index contributed by atoms with van der Waals surface area (Å²) in [5, 5.41) is -4.26. The second kappa shape index (κ2) is 3.53. The summed E-state index contributed by atoms with van der Waals surface area (Å²) in [5.41, 5.74) is -0.0767. The lowest BCUT2D eigenvalue weighted by atomic mass is 10.1. The van der Waals surface area contributed by atoms with Crippen molar-refractivity contribution < 1.29 is 21.8 Å². The normalized spacial score (nSPS) is 12.9. The first-order chi connectivity index (χ1) is 6.66. The molecule has 1 N–H and O–H groups in total. The van der Waals surface area contributed by atoms with Crippen LogP contribution < -0.4 is 0 Å². The first kappa shape index (κ1) is 12.1. The molecule has 0 atom stereocenters. The molecule has 1 aromatic carbocycles. The lowest BCUT2D eigenvalue weighted by Crippen LogP contribution is -2.26. The SMILES string of the molecule is Cc1ccc(C)c(C(F)(F)S(=O)(=O)O)c1. The molecule has 0 unspecified atom stereocenters. The van der Waals surface area contributed by atoms with Crippen molar-refractivity contribution in [2.24, 2.45) is 0 Å². The predicted molar refractivity (Wildman–Crippen MR) is 51.4 cm³/mol. The Balaban J connectivity index is 3.46. The minimum absolute atomic E-state index is 0.114. The molecule has 0 saturated heterocycles. The average molecular weight is 236 g/mol. The molecule has 6 heteroatoms.